The van der Waals surface area contributed by atoms with Crippen LogP contribution in [0, 0.1) is 6.92 Å². The quantitative estimate of drug-likeness (QED) is 0.470. The first-order chi connectivity index (χ1) is 14.0. The third-order valence-electron chi connectivity index (χ3n) is 4.79. The minimum absolute atomic E-state index is 0.316. The molecule has 1 aliphatic rings. The van der Waals surface area contributed by atoms with E-state index in [1.54, 1.807) is 28.7 Å². The van der Waals surface area contributed by atoms with Gasteiger partial charge in [-0.1, -0.05) is 42.0 Å². The third-order valence-corrected chi connectivity index (χ3v) is 7.43. The van der Waals surface area contributed by atoms with Gasteiger partial charge in [0.1, 0.15) is 0 Å². The fraction of sp³-hybridized carbons (Fsp3) is 0.238. The summed E-state index contributed by atoms with van der Waals surface area (Å²) in [6.45, 7) is 3.23. The number of hydrogen-bond donors (Lipinski definition) is 1. The van der Waals surface area contributed by atoms with Crippen LogP contribution in [0.15, 0.2) is 63.9 Å². The standard InChI is InChI=1S/C21H22N4O2S2/c1-16-7-9-17(10-8-16)14-22-24-21-23-20(15-28-21)18-5-4-6-19(13-18)29(26,27)25-11-2-3-12-25/h4-10,13-15H,2-3,11-12H2,1H3,(H,23,24)/b22-14+. The normalized spacial score (nSPS) is 15.2. The summed E-state index contributed by atoms with van der Waals surface area (Å²) in [5, 5.41) is 6.77. The minimum atomic E-state index is -3.44. The first-order valence-corrected chi connectivity index (χ1v) is 11.8. The molecule has 1 aliphatic heterocycles. The lowest BCUT2D eigenvalue weighted by atomic mass is 10.2. The summed E-state index contributed by atoms with van der Waals surface area (Å²) >= 11 is 1.42. The second kappa shape index (κ2) is 8.44. The molecule has 4 rings (SSSR count). The Bertz CT molecular complexity index is 1120. The highest BCUT2D eigenvalue weighted by Crippen LogP contribution is 2.28. The van der Waals surface area contributed by atoms with Crippen LogP contribution in [0.3, 0.4) is 0 Å². The number of aromatic nitrogens is 1. The van der Waals surface area contributed by atoms with Crippen LogP contribution in [0.25, 0.3) is 11.3 Å². The van der Waals surface area contributed by atoms with Crippen LogP contribution in [0.5, 0.6) is 0 Å². The zero-order chi connectivity index (χ0) is 20.3. The molecule has 150 valence electrons. The predicted molar refractivity (Wildman–Crippen MR) is 118 cm³/mol. The monoisotopic (exact) mass is 426 g/mol. The Kier molecular flexibility index (Phi) is 5.75. The second-order valence-electron chi connectivity index (χ2n) is 6.96. The Morgan fingerprint density at radius 1 is 1.14 bits per heavy atom. The van der Waals surface area contributed by atoms with E-state index in [9.17, 15) is 8.42 Å². The Labute approximate surface area is 175 Å². The zero-order valence-electron chi connectivity index (χ0n) is 16.1. The lowest BCUT2D eigenvalue weighted by molar-refractivity contribution is 0.477. The zero-order valence-corrected chi connectivity index (χ0v) is 17.7. The van der Waals surface area contributed by atoms with Crippen molar-refractivity contribution >= 4 is 32.7 Å². The maximum Gasteiger partial charge on any atom is 0.243 e. The SMILES string of the molecule is Cc1ccc(/C=N/Nc2nc(-c3cccc(S(=O)(=O)N4CCCC4)c3)cs2)cc1. The van der Waals surface area contributed by atoms with Crippen LogP contribution in [0.4, 0.5) is 5.13 Å². The molecule has 8 heteroatoms. The van der Waals surface area contributed by atoms with E-state index >= 15 is 0 Å². The molecule has 6 nitrogen and oxygen atoms in total. The minimum Gasteiger partial charge on any atom is -0.253 e. The van der Waals surface area contributed by atoms with Gasteiger partial charge in [-0.25, -0.2) is 13.4 Å². The van der Waals surface area contributed by atoms with Crippen LogP contribution < -0.4 is 5.43 Å². The smallest absolute Gasteiger partial charge is 0.243 e. The van der Waals surface area contributed by atoms with Crippen LogP contribution >= 0.6 is 11.3 Å². The molecular formula is C21H22N4O2S2. The first-order valence-electron chi connectivity index (χ1n) is 9.44. The molecule has 1 N–H and O–H groups in total. The van der Waals surface area contributed by atoms with E-state index in [4.69, 9.17) is 0 Å². The molecule has 0 spiro atoms. The van der Waals surface area contributed by atoms with Gasteiger partial charge in [-0.05, 0) is 37.5 Å². The molecule has 2 heterocycles. The maximum absolute atomic E-state index is 12.8. The van der Waals surface area contributed by atoms with Crippen molar-refractivity contribution in [3.63, 3.8) is 0 Å². The van der Waals surface area contributed by atoms with Crippen LogP contribution in [-0.2, 0) is 10.0 Å². The van der Waals surface area contributed by atoms with Crippen molar-refractivity contribution in [3.8, 4) is 11.3 Å². The number of nitrogens with zero attached hydrogens (tertiary/aromatic N) is 3. The van der Waals surface area contributed by atoms with Gasteiger partial charge in [0.25, 0.3) is 0 Å². The number of nitrogens with one attached hydrogen (secondary N) is 1. The van der Waals surface area contributed by atoms with Gasteiger partial charge in [-0.15, -0.1) is 11.3 Å². The lowest BCUT2D eigenvalue weighted by Gasteiger charge is -2.15. The van der Waals surface area contributed by atoms with E-state index in [2.05, 4.69) is 15.5 Å². The number of hydrogen-bond acceptors (Lipinski definition) is 6. The van der Waals surface area contributed by atoms with Crippen LogP contribution in [0.1, 0.15) is 24.0 Å². The number of sulfonamides is 1. The van der Waals surface area contributed by atoms with Gasteiger partial charge in [0.2, 0.25) is 15.2 Å². The highest BCUT2D eigenvalue weighted by molar-refractivity contribution is 7.89. The summed E-state index contributed by atoms with van der Waals surface area (Å²) in [4.78, 5) is 4.85. The molecule has 29 heavy (non-hydrogen) atoms. The molecule has 1 aromatic heterocycles. The van der Waals surface area contributed by atoms with Gasteiger partial charge < -0.3 is 0 Å². The molecule has 1 saturated heterocycles. The fourth-order valence-corrected chi connectivity index (χ4v) is 5.40. The van der Waals surface area contributed by atoms with E-state index in [1.165, 1.54) is 16.9 Å². The number of thiazole rings is 1. The third kappa shape index (κ3) is 4.55. The Morgan fingerprint density at radius 2 is 1.90 bits per heavy atom. The van der Waals surface area contributed by atoms with Gasteiger partial charge in [-0.3, -0.25) is 5.43 Å². The van der Waals surface area contributed by atoms with E-state index in [0.29, 0.717) is 23.1 Å². The molecule has 0 aliphatic carbocycles. The van der Waals surface area contributed by atoms with Gasteiger partial charge >= 0.3 is 0 Å². The molecule has 0 amide bonds. The Hall–Kier alpha value is -2.55. The van der Waals surface area contributed by atoms with Crippen molar-refractivity contribution in [2.24, 2.45) is 5.10 Å². The van der Waals surface area contributed by atoms with E-state index < -0.39 is 10.0 Å². The van der Waals surface area contributed by atoms with E-state index in [0.717, 1.165) is 29.7 Å². The number of rotatable bonds is 6. The molecule has 0 radical (unpaired) electrons. The van der Waals surface area contributed by atoms with Gasteiger partial charge in [0.15, 0.2) is 0 Å². The average molecular weight is 427 g/mol. The summed E-state index contributed by atoms with van der Waals surface area (Å²) in [6.07, 6.45) is 3.58. The van der Waals surface area contributed by atoms with Crippen LogP contribution in [0.2, 0.25) is 0 Å². The van der Waals surface area contributed by atoms with E-state index in [-0.39, 0.29) is 0 Å². The molecule has 1 fully saturated rings. The van der Waals surface area contributed by atoms with Crippen molar-refractivity contribution in [2.75, 3.05) is 18.5 Å². The molecule has 0 atom stereocenters. The average Bonchev–Trinajstić information content (AvgIpc) is 3.42. The summed E-state index contributed by atoms with van der Waals surface area (Å²) < 4.78 is 27.1. The molecule has 2 aromatic carbocycles. The second-order valence-corrected chi connectivity index (χ2v) is 9.75. The summed E-state index contributed by atoms with van der Waals surface area (Å²) in [6, 6.07) is 15.0. The van der Waals surface area contributed by atoms with Crippen LogP contribution in [-0.4, -0.2) is 37.0 Å². The van der Waals surface area contributed by atoms with Crippen molar-refractivity contribution in [1.29, 1.82) is 0 Å². The van der Waals surface area contributed by atoms with Gasteiger partial charge in [0, 0.05) is 24.0 Å². The molecule has 0 saturated carbocycles. The Morgan fingerprint density at radius 3 is 2.66 bits per heavy atom. The summed E-state index contributed by atoms with van der Waals surface area (Å²) in [5.41, 5.74) is 6.64. The predicted octanol–water partition coefficient (Wildman–Crippen LogP) is 4.35. The maximum atomic E-state index is 12.8. The molecule has 0 bridgehead atoms. The molecule has 0 unspecified atom stereocenters. The number of anilines is 1. The summed E-state index contributed by atoms with van der Waals surface area (Å²) in [7, 11) is -3.44. The van der Waals surface area contributed by atoms with Gasteiger partial charge in [-0.2, -0.15) is 9.41 Å². The lowest BCUT2D eigenvalue weighted by Crippen LogP contribution is -2.27. The highest BCUT2D eigenvalue weighted by Gasteiger charge is 2.27. The van der Waals surface area contributed by atoms with Gasteiger partial charge in [0.05, 0.1) is 16.8 Å². The van der Waals surface area contributed by atoms with Crippen molar-refractivity contribution in [1.82, 2.24) is 9.29 Å². The fourth-order valence-electron chi connectivity index (χ4n) is 3.17. The van der Waals surface area contributed by atoms with Crippen molar-refractivity contribution in [3.05, 3.63) is 65.0 Å². The first kappa shape index (κ1) is 19.8. The largest absolute Gasteiger partial charge is 0.253 e. The summed E-state index contributed by atoms with van der Waals surface area (Å²) in [5.74, 6) is 0. The number of hydrazone groups is 1. The number of benzene rings is 2. The molecular weight excluding hydrogens is 404 g/mol. The Balaban J connectivity index is 1.48. The number of aryl methyl sites for hydroxylation is 1. The van der Waals surface area contributed by atoms with E-state index in [1.807, 2.05) is 42.6 Å². The van der Waals surface area contributed by atoms with Crippen molar-refractivity contribution < 1.29 is 8.42 Å². The molecule has 3 aromatic rings. The van der Waals surface area contributed by atoms with Crippen molar-refractivity contribution in [2.45, 2.75) is 24.7 Å². The highest BCUT2D eigenvalue weighted by atomic mass is 32.2. The topological polar surface area (TPSA) is 74.7 Å².